The first-order valence-electron chi connectivity index (χ1n) is 9.40. The van der Waals surface area contributed by atoms with Crippen LogP contribution >= 0.6 is 0 Å². The molecule has 4 rings (SSSR count). The third kappa shape index (κ3) is 4.47. The standard InChI is InChI=1S/C21H16N8O4/c1-10-25-16-17(26-10)28-21(33-14-5-3-2-4-13(14)27-20(23)24)29-18(16)32-15-8-11(9-22)6-7-12(15)19(30)31/h2-8H,1H3,(H,30,31)(H4,23,24,27)(H,25,26,28,29). The predicted octanol–water partition coefficient (Wildman–Crippen LogP) is 2.72. The van der Waals surface area contributed by atoms with Crippen molar-refractivity contribution in [2.45, 2.75) is 6.92 Å². The van der Waals surface area contributed by atoms with E-state index in [1.807, 2.05) is 6.07 Å². The Bertz CT molecular complexity index is 1450. The van der Waals surface area contributed by atoms with E-state index < -0.39 is 5.97 Å². The molecule has 12 heteroatoms. The Labute approximate surface area is 186 Å². The smallest absolute Gasteiger partial charge is 0.339 e. The van der Waals surface area contributed by atoms with E-state index >= 15 is 0 Å². The number of rotatable bonds is 6. The molecule has 0 aliphatic heterocycles. The largest absolute Gasteiger partial charge is 0.478 e. The first kappa shape index (κ1) is 21.1. The van der Waals surface area contributed by atoms with Crippen molar-refractivity contribution < 1.29 is 19.4 Å². The minimum Gasteiger partial charge on any atom is -0.478 e. The quantitative estimate of drug-likeness (QED) is 0.253. The summed E-state index contributed by atoms with van der Waals surface area (Å²) >= 11 is 0. The van der Waals surface area contributed by atoms with Crippen molar-refractivity contribution in [3.8, 4) is 29.5 Å². The zero-order valence-electron chi connectivity index (χ0n) is 17.1. The van der Waals surface area contributed by atoms with Crippen molar-refractivity contribution in [2.75, 3.05) is 0 Å². The van der Waals surface area contributed by atoms with Crippen LogP contribution in [0.25, 0.3) is 11.2 Å². The molecule has 164 valence electrons. The molecule has 0 fully saturated rings. The highest BCUT2D eigenvalue weighted by atomic mass is 16.5. The first-order chi connectivity index (χ1) is 15.8. The predicted molar refractivity (Wildman–Crippen MR) is 117 cm³/mol. The van der Waals surface area contributed by atoms with E-state index in [-0.39, 0.29) is 46.1 Å². The number of aryl methyl sites for hydroxylation is 1. The second-order valence-corrected chi connectivity index (χ2v) is 6.67. The number of carboxylic acids is 1. The molecule has 0 spiro atoms. The SMILES string of the molecule is Cc1nc2nc(Oc3ccccc3N=C(N)N)nc(Oc3cc(C#N)ccc3C(=O)O)c2[nH]1. The molecule has 2 heterocycles. The Morgan fingerprint density at radius 2 is 1.91 bits per heavy atom. The first-order valence-corrected chi connectivity index (χ1v) is 9.40. The van der Waals surface area contributed by atoms with Crippen molar-refractivity contribution in [1.82, 2.24) is 19.9 Å². The molecule has 0 saturated carbocycles. The van der Waals surface area contributed by atoms with Gasteiger partial charge >= 0.3 is 12.0 Å². The molecule has 0 aliphatic carbocycles. The van der Waals surface area contributed by atoms with Crippen molar-refractivity contribution >= 4 is 28.8 Å². The summed E-state index contributed by atoms with van der Waals surface area (Å²) in [6.45, 7) is 1.71. The lowest BCUT2D eigenvalue weighted by atomic mass is 10.1. The summed E-state index contributed by atoms with van der Waals surface area (Å²) in [5.41, 5.74) is 11.9. The fraction of sp³-hybridized carbons (Fsp3) is 0.0476. The van der Waals surface area contributed by atoms with Gasteiger partial charge in [0.25, 0.3) is 5.88 Å². The monoisotopic (exact) mass is 444 g/mol. The van der Waals surface area contributed by atoms with Gasteiger partial charge < -0.3 is 31.0 Å². The molecule has 0 atom stereocenters. The Kier molecular flexibility index (Phi) is 5.44. The van der Waals surface area contributed by atoms with E-state index in [0.717, 1.165) is 0 Å². The maximum Gasteiger partial charge on any atom is 0.339 e. The number of para-hydroxylation sites is 2. The zero-order chi connectivity index (χ0) is 23.5. The number of hydrogen-bond acceptors (Lipinski definition) is 8. The van der Waals surface area contributed by atoms with Gasteiger partial charge in [0.15, 0.2) is 17.4 Å². The summed E-state index contributed by atoms with van der Waals surface area (Å²) in [6.07, 6.45) is 0. The van der Waals surface area contributed by atoms with Crippen LogP contribution in [-0.2, 0) is 0 Å². The molecular formula is C21H16N8O4. The van der Waals surface area contributed by atoms with Crippen LogP contribution in [0, 0.1) is 18.3 Å². The number of carbonyl (C=O) groups is 1. The number of guanidine groups is 1. The fourth-order valence-corrected chi connectivity index (χ4v) is 2.92. The Morgan fingerprint density at radius 1 is 1.12 bits per heavy atom. The number of aromatic amines is 1. The van der Waals surface area contributed by atoms with Crippen molar-refractivity contribution in [1.29, 1.82) is 5.26 Å². The number of H-pyrrole nitrogens is 1. The highest BCUT2D eigenvalue weighted by molar-refractivity contribution is 5.91. The number of carboxylic acid groups (broad SMARTS) is 1. The normalized spacial score (nSPS) is 10.4. The molecule has 0 bridgehead atoms. The van der Waals surface area contributed by atoms with Crippen LogP contribution in [0.1, 0.15) is 21.7 Å². The van der Waals surface area contributed by atoms with Gasteiger partial charge in [0.2, 0.25) is 0 Å². The molecule has 0 aliphatic rings. The zero-order valence-corrected chi connectivity index (χ0v) is 17.1. The van der Waals surface area contributed by atoms with E-state index in [1.165, 1.54) is 18.2 Å². The summed E-state index contributed by atoms with van der Waals surface area (Å²) in [5.74, 6) is -0.739. The van der Waals surface area contributed by atoms with Gasteiger partial charge in [-0.2, -0.15) is 15.2 Å². The van der Waals surface area contributed by atoms with Crippen molar-refractivity contribution in [3.05, 3.63) is 59.4 Å². The number of imidazole rings is 1. The lowest BCUT2D eigenvalue weighted by molar-refractivity contribution is 0.0694. The maximum absolute atomic E-state index is 11.6. The summed E-state index contributed by atoms with van der Waals surface area (Å²) in [4.78, 5) is 31.4. The molecule has 2 aromatic heterocycles. The van der Waals surface area contributed by atoms with Gasteiger partial charge in [0.1, 0.15) is 28.3 Å². The summed E-state index contributed by atoms with van der Waals surface area (Å²) in [6, 6.07) is 12.4. The Morgan fingerprint density at radius 3 is 2.64 bits per heavy atom. The molecule has 6 N–H and O–H groups in total. The summed E-state index contributed by atoms with van der Waals surface area (Å²) < 4.78 is 11.6. The highest BCUT2D eigenvalue weighted by Crippen LogP contribution is 2.34. The number of aromatic nitrogens is 4. The lowest BCUT2D eigenvalue weighted by Gasteiger charge is -2.11. The van der Waals surface area contributed by atoms with E-state index in [4.69, 9.17) is 20.9 Å². The average Bonchev–Trinajstić information content (AvgIpc) is 3.15. The average molecular weight is 444 g/mol. The van der Waals surface area contributed by atoms with Crippen LogP contribution < -0.4 is 20.9 Å². The number of benzene rings is 2. The summed E-state index contributed by atoms with van der Waals surface area (Å²) in [5, 5.41) is 18.7. The Hall–Kier alpha value is -5.18. The topological polar surface area (TPSA) is 198 Å². The minimum absolute atomic E-state index is 0.0486. The van der Waals surface area contributed by atoms with Crippen molar-refractivity contribution in [2.24, 2.45) is 16.5 Å². The van der Waals surface area contributed by atoms with Gasteiger partial charge in [-0.3, -0.25) is 0 Å². The number of aromatic carboxylic acids is 1. The van der Waals surface area contributed by atoms with E-state index in [2.05, 4.69) is 24.9 Å². The molecular weight excluding hydrogens is 428 g/mol. The van der Waals surface area contributed by atoms with Crippen molar-refractivity contribution in [3.63, 3.8) is 0 Å². The van der Waals surface area contributed by atoms with Gasteiger partial charge in [-0.15, -0.1) is 0 Å². The molecule has 33 heavy (non-hydrogen) atoms. The van der Waals surface area contributed by atoms with Gasteiger partial charge in [-0.05, 0) is 37.3 Å². The van der Waals surface area contributed by atoms with E-state index in [0.29, 0.717) is 17.0 Å². The fourth-order valence-electron chi connectivity index (χ4n) is 2.92. The van der Waals surface area contributed by atoms with E-state index in [1.54, 1.807) is 31.2 Å². The van der Waals surface area contributed by atoms with Gasteiger partial charge in [0, 0.05) is 0 Å². The number of nitrogens with one attached hydrogen (secondary N) is 1. The number of nitriles is 1. The number of ether oxygens (including phenoxy) is 2. The van der Waals surface area contributed by atoms with E-state index in [9.17, 15) is 15.2 Å². The van der Waals surface area contributed by atoms with Gasteiger partial charge in [-0.25, -0.2) is 14.8 Å². The molecule has 4 aromatic rings. The number of nitrogens with two attached hydrogens (primary N) is 2. The second kappa shape index (κ2) is 8.52. The second-order valence-electron chi connectivity index (χ2n) is 6.67. The Balaban J connectivity index is 1.81. The third-order valence-electron chi connectivity index (χ3n) is 4.28. The molecule has 0 amide bonds. The van der Waals surface area contributed by atoms with Crippen LogP contribution in [-0.4, -0.2) is 37.0 Å². The number of hydrogen-bond donors (Lipinski definition) is 4. The molecule has 0 radical (unpaired) electrons. The maximum atomic E-state index is 11.6. The molecule has 0 saturated heterocycles. The summed E-state index contributed by atoms with van der Waals surface area (Å²) in [7, 11) is 0. The highest BCUT2D eigenvalue weighted by Gasteiger charge is 2.19. The van der Waals surface area contributed by atoms with Crippen LogP contribution in [0.2, 0.25) is 0 Å². The van der Waals surface area contributed by atoms with Gasteiger partial charge in [-0.1, -0.05) is 12.1 Å². The number of aliphatic imine (C=N–C) groups is 1. The lowest BCUT2D eigenvalue weighted by Crippen LogP contribution is -2.21. The van der Waals surface area contributed by atoms with Gasteiger partial charge in [0.05, 0.1) is 11.6 Å². The van der Waals surface area contributed by atoms with Crippen LogP contribution in [0.15, 0.2) is 47.5 Å². The minimum atomic E-state index is -1.23. The number of nitrogens with zero attached hydrogens (tertiary/aromatic N) is 5. The van der Waals surface area contributed by atoms with Crippen LogP contribution in [0.3, 0.4) is 0 Å². The molecule has 2 aromatic carbocycles. The molecule has 12 nitrogen and oxygen atoms in total. The van der Waals surface area contributed by atoms with Crippen LogP contribution in [0.5, 0.6) is 23.4 Å². The molecule has 0 unspecified atom stereocenters. The van der Waals surface area contributed by atoms with Crippen LogP contribution in [0.4, 0.5) is 5.69 Å². The third-order valence-corrected chi connectivity index (χ3v) is 4.28. The number of fused-ring (bicyclic) bond motifs is 1.